The van der Waals surface area contributed by atoms with Gasteiger partial charge in [0.1, 0.15) is 17.9 Å². The largest absolute Gasteiger partial charge is 0.573 e. The summed E-state index contributed by atoms with van der Waals surface area (Å²) in [5, 5.41) is 20.3. The Morgan fingerprint density at radius 3 is 2.42 bits per heavy atom. The van der Waals surface area contributed by atoms with Gasteiger partial charge in [0.15, 0.2) is 0 Å². The molecule has 0 spiro atoms. The molecule has 0 unspecified atom stereocenters. The molecule has 0 aromatic heterocycles. The van der Waals surface area contributed by atoms with E-state index in [1.54, 1.807) is 0 Å². The second-order valence-corrected chi connectivity index (χ2v) is 3.84. The van der Waals surface area contributed by atoms with E-state index in [0.29, 0.717) is 0 Å². The number of rotatable bonds is 3. The monoisotopic (exact) mass is 332 g/mol. The Hall–Kier alpha value is -2.26. The van der Waals surface area contributed by atoms with Crippen molar-refractivity contribution in [3.05, 3.63) is 22.7 Å². The lowest BCUT2D eigenvalue weighted by Gasteiger charge is -2.11. The van der Waals surface area contributed by atoms with Crippen molar-refractivity contribution in [2.24, 2.45) is 5.10 Å². The SMILES string of the molecule is N#CC(C#N)=NNc1ccc(OC(F)(F)F)c(Br)c1. The molecule has 0 bridgehead atoms. The second-order valence-electron chi connectivity index (χ2n) is 2.99. The van der Waals surface area contributed by atoms with Crippen molar-refractivity contribution in [1.29, 1.82) is 10.5 Å². The molecule has 9 heteroatoms. The molecule has 0 amide bonds. The number of nitriles is 2. The van der Waals surface area contributed by atoms with Crippen LogP contribution in [-0.4, -0.2) is 12.1 Å². The van der Waals surface area contributed by atoms with Gasteiger partial charge in [0.2, 0.25) is 5.71 Å². The highest BCUT2D eigenvalue weighted by atomic mass is 79.9. The van der Waals surface area contributed by atoms with E-state index >= 15 is 0 Å². The van der Waals surface area contributed by atoms with Crippen molar-refractivity contribution in [1.82, 2.24) is 0 Å². The number of halogens is 4. The van der Waals surface area contributed by atoms with Crippen molar-refractivity contribution in [3.63, 3.8) is 0 Å². The highest BCUT2D eigenvalue weighted by molar-refractivity contribution is 9.10. The van der Waals surface area contributed by atoms with E-state index in [-0.39, 0.29) is 10.2 Å². The maximum Gasteiger partial charge on any atom is 0.573 e. The van der Waals surface area contributed by atoms with Crippen molar-refractivity contribution >= 4 is 27.3 Å². The zero-order valence-electron chi connectivity index (χ0n) is 8.99. The van der Waals surface area contributed by atoms with E-state index in [2.05, 4.69) is 31.2 Å². The minimum Gasteiger partial charge on any atom is -0.405 e. The molecule has 0 fully saturated rings. The Labute approximate surface area is 114 Å². The third-order valence-electron chi connectivity index (χ3n) is 1.67. The quantitative estimate of drug-likeness (QED) is 0.680. The molecule has 0 aliphatic rings. The highest BCUT2D eigenvalue weighted by Gasteiger charge is 2.31. The standard InChI is InChI=1S/C10H4BrF3N4O/c11-8-3-6(17-18-7(4-15)5-16)1-2-9(8)19-10(12,13)14/h1-3,17H. The summed E-state index contributed by atoms with van der Waals surface area (Å²) in [6.07, 6.45) is -4.79. The number of nitrogens with one attached hydrogen (secondary N) is 1. The van der Waals surface area contributed by atoms with Crippen LogP contribution in [0.4, 0.5) is 18.9 Å². The molecule has 5 nitrogen and oxygen atoms in total. The van der Waals surface area contributed by atoms with Gasteiger partial charge in [-0.2, -0.15) is 15.6 Å². The maximum absolute atomic E-state index is 12.0. The van der Waals surface area contributed by atoms with Gasteiger partial charge in [-0.3, -0.25) is 5.43 Å². The second kappa shape index (κ2) is 6.07. The summed E-state index contributed by atoms with van der Waals surface area (Å²) in [7, 11) is 0. The molecule has 0 aliphatic carbocycles. The Bertz CT molecular complexity index is 570. The van der Waals surface area contributed by atoms with Crippen LogP contribution in [0, 0.1) is 22.7 Å². The molecule has 19 heavy (non-hydrogen) atoms. The van der Waals surface area contributed by atoms with E-state index in [0.717, 1.165) is 6.07 Å². The van der Waals surface area contributed by atoms with Gasteiger partial charge in [0.05, 0.1) is 10.2 Å². The normalized spacial score (nSPS) is 10.0. The first-order valence-electron chi connectivity index (χ1n) is 4.55. The number of hydrogen-bond acceptors (Lipinski definition) is 5. The highest BCUT2D eigenvalue weighted by Crippen LogP contribution is 2.32. The van der Waals surface area contributed by atoms with Gasteiger partial charge < -0.3 is 4.74 Å². The Balaban J connectivity index is 2.87. The summed E-state index contributed by atoms with van der Waals surface area (Å²) in [5.74, 6) is -0.414. The summed E-state index contributed by atoms with van der Waals surface area (Å²) in [5.41, 5.74) is 2.23. The van der Waals surface area contributed by atoms with Crippen LogP contribution in [0.1, 0.15) is 0 Å². The number of benzene rings is 1. The fourth-order valence-corrected chi connectivity index (χ4v) is 1.43. The Kier molecular flexibility index (Phi) is 4.73. The molecular weight excluding hydrogens is 329 g/mol. The number of alkyl halides is 3. The van der Waals surface area contributed by atoms with E-state index in [1.165, 1.54) is 24.3 Å². The third-order valence-corrected chi connectivity index (χ3v) is 2.29. The van der Waals surface area contributed by atoms with Gasteiger partial charge in [-0.25, -0.2) is 0 Å². The van der Waals surface area contributed by atoms with Crippen molar-refractivity contribution in [3.8, 4) is 17.9 Å². The van der Waals surface area contributed by atoms with Crippen LogP contribution in [-0.2, 0) is 0 Å². The predicted molar refractivity (Wildman–Crippen MR) is 63.1 cm³/mol. The van der Waals surface area contributed by atoms with Gasteiger partial charge in [0, 0.05) is 0 Å². The van der Waals surface area contributed by atoms with Crippen molar-refractivity contribution in [2.45, 2.75) is 6.36 Å². The average molecular weight is 333 g/mol. The van der Waals surface area contributed by atoms with E-state index in [4.69, 9.17) is 10.5 Å². The summed E-state index contributed by atoms with van der Waals surface area (Å²) >= 11 is 2.90. The van der Waals surface area contributed by atoms with Gasteiger partial charge in [-0.15, -0.1) is 13.2 Å². The average Bonchev–Trinajstić information content (AvgIpc) is 2.32. The van der Waals surface area contributed by atoms with E-state index < -0.39 is 17.8 Å². The fourth-order valence-electron chi connectivity index (χ4n) is 0.973. The first kappa shape index (κ1) is 14.8. The minimum absolute atomic E-state index is 0.0421. The Morgan fingerprint density at radius 2 is 1.95 bits per heavy atom. The van der Waals surface area contributed by atoms with Crippen LogP contribution in [0.25, 0.3) is 0 Å². The molecule has 1 aromatic rings. The molecule has 0 aliphatic heterocycles. The first-order chi connectivity index (χ1) is 8.85. The predicted octanol–water partition coefficient (Wildman–Crippen LogP) is 3.16. The number of nitrogens with zero attached hydrogens (tertiary/aromatic N) is 3. The first-order valence-corrected chi connectivity index (χ1v) is 5.34. The number of ether oxygens (including phenoxy) is 1. The van der Waals surface area contributed by atoms with Crippen LogP contribution >= 0.6 is 15.9 Å². The third kappa shape index (κ3) is 4.85. The molecule has 1 aromatic carbocycles. The fraction of sp³-hybridized carbons (Fsp3) is 0.100. The van der Waals surface area contributed by atoms with E-state index in [1.807, 2.05) is 0 Å². The zero-order chi connectivity index (χ0) is 14.5. The van der Waals surface area contributed by atoms with Crippen molar-refractivity contribution < 1.29 is 17.9 Å². The van der Waals surface area contributed by atoms with Gasteiger partial charge >= 0.3 is 6.36 Å². The van der Waals surface area contributed by atoms with E-state index in [9.17, 15) is 13.2 Å². The lowest BCUT2D eigenvalue weighted by atomic mass is 10.3. The summed E-state index contributed by atoms with van der Waals surface area (Å²) in [6, 6.07) is 6.62. The zero-order valence-corrected chi connectivity index (χ0v) is 10.6. The molecule has 0 radical (unpaired) electrons. The van der Waals surface area contributed by atoms with Crippen molar-refractivity contribution in [2.75, 3.05) is 5.43 Å². The number of hydrogen-bond donors (Lipinski definition) is 1. The minimum atomic E-state index is -4.79. The van der Waals surface area contributed by atoms with Crippen LogP contribution in [0.5, 0.6) is 5.75 Å². The van der Waals surface area contributed by atoms with Gasteiger partial charge in [-0.05, 0) is 34.1 Å². The molecule has 0 saturated heterocycles. The van der Waals surface area contributed by atoms with Crippen LogP contribution in [0.3, 0.4) is 0 Å². The topological polar surface area (TPSA) is 81.2 Å². The van der Waals surface area contributed by atoms with Crippen LogP contribution in [0.2, 0.25) is 0 Å². The molecular formula is C10H4BrF3N4O. The number of anilines is 1. The smallest absolute Gasteiger partial charge is 0.405 e. The lowest BCUT2D eigenvalue weighted by Crippen LogP contribution is -2.17. The summed E-state index contributed by atoms with van der Waals surface area (Å²) in [6.45, 7) is 0. The molecule has 0 heterocycles. The lowest BCUT2D eigenvalue weighted by molar-refractivity contribution is -0.274. The Morgan fingerprint density at radius 1 is 1.32 bits per heavy atom. The molecule has 0 atom stereocenters. The van der Waals surface area contributed by atoms with Crippen LogP contribution < -0.4 is 10.2 Å². The maximum atomic E-state index is 12.0. The molecule has 98 valence electrons. The van der Waals surface area contributed by atoms with Crippen LogP contribution in [0.15, 0.2) is 27.8 Å². The molecule has 1 N–H and O–H groups in total. The molecule has 0 saturated carbocycles. The summed E-state index contributed by atoms with van der Waals surface area (Å²) < 4.78 is 39.8. The van der Waals surface area contributed by atoms with Gasteiger partial charge in [-0.1, -0.05) is 0 Å². The van der Waals surface area contributed by atoms with Gasteiger partial charge in [0.25, 0.3) is 0 Å². The number of hydrazone groups is 1. The molecule has 1 rings (SSSR count). The summed E-state index contributed by atoms with van der Waals surface area (Å²) in [4.78, 5) is 0.